The number of rotatable bonds is 9. The van der Waals surface area contributed by atoms with Gasteiger partial charge in [-0.2, -0.15) is 23.7 Å². The van der Waals surface area contributed by atoms with E-state index in [0.29, 0.717) is 39.5 Å². The number of hydrogen-bond acceptors (Lipinski definition) is 8. The van der Waals surface area contributed by atoms with E-state index in [4.69, 9.17) is 5.26 Å². The lowest BCUT2D eigenvalue weighted by molar-refractivity contribution is -0.138. The Bertz CT molecular complexity index is 1910. The van der Waals surface area contributed by atoms with Crippen LogP contribution >= 0.6 is 0 Å². The Morgan fingerprint density at radius 3 is 2.52 bits per heavy atom. The van der Waals surface area contributed by atoms with Crippen molar-refractivity contribution in [2.24, 2.45) is 7.05 Å². The second kappa shape index (κ2) is 11.9. The van der Waals surface area contributed by atoms with Crippen molar-refractivity contribution in [2.75, 3.05) is 16.8 Å². The maximum absolute atomic E-state index is 14.4. The number of hydrogen-bond donors (Lipinski definition) is 2. The van der Waals surface area contributed by atoms with Gasteiger partial charge in [-0.05, 0) is 90.9 Å². The second-order valence-corrected chi connectivity index (χ2v) is 11.9. The summed E-state index contributed by atoms with van der Waals surface area (Å²) in [6.45, 7) is 2.19. The summed E-state index contributed by atoms with van der Waals surface area (Å²) in [6, 6.07) is 15.2. The molecule has 0 radical (unpaired) electrons. The zero-order valence-corrected chi connectivity index (χ0v) is 25.2. The van der Waals surface area contributed by atoms with E-state index in [9.17, 15) is 23.2 Å². The number of carbonyl (C=O) groups is 1. The largest absolute Gasteiger partial charge is 0.416 e. The van der Waals surface area contributed by atoms with Gasteiger partial charge < -0.3 is 15.2 Å². The molecule has 1 fully saturated rings. The van der Waals surface area contributed by atoms with Crippen LogP contribution in [0.25, 0.3) is 22.5 Å². The molecule has 6 rings (SSSR count). The lowest BCUT2D eigenvalue weighted by Crippen LogP contribution is -2.47. The van der Waals surface area contributed by atoms with Crippen LogP contribution in [0, 0.1) is 22.7 Å². The van der Waals surface area contributed by atoms with Gasteiger partial charge >= 0.3 is 6.18 Å². The molecule has 0 spiro atoms. The molecule has 0 saturated heterocycles. The van der Waals surface area contributed by atoms with Gasteiger partial charge in [-0.15, -0.1) is 10.2 Å². The number of alkyl halides is 3. The number of nitrogens with zero attached hydrogens (tertiary/aromatic N) is 7. The second-order valence-electron chi connectivity index (χ2n) is 11.9. The van der Waals surface area contributed by atoms with Crippen molar-refractivity contribution in [3.63, 3.8) is 0 Å². The molecule has 1 aliphatic carbocycles. The zero-order chi connectivity index (χ0) is 32.6. The lowest BCUT2D eigenvalue weighted by Gasteiger charge is -2.39. The predicted octanol–water partition coefficient (Wildman–Crippen LogP) is 5.95. The van der Waals surface area contributed by atoms with Crippen LogP contribution in [0.4, 0.5) is 24.8 Å². The molecule has 2 N–H and O–H groups in total. The van der Waals surface area contributed by atoms with Crippen molar-refractivity contribution in [2.45, 2.75) is 57.4 Å². The average molecular weight is 626 g/mol. The summed E-state index contributed by atoms with van der Waals surface area (Å²) in [7, 11) is 1.78. The topological polar surface area (TPSA) is 136 Å². The first-order valence-electron chi connectivity index (χ1n) is 14.8. The molecule has 1 amide bonds. The minimum absolute atomic E-state index is 0.0113. The molecule has 0 bridgehead atoms. The first kappa shape index (κ1) is 30.7. The lowest BCUT2D eigenvalue weighted by atomic mass is 9.78. The molecule has 234 valence electrons. The number of anilines is 2. The van der Waals surface area contributed by atoms with Crippen LogP contribution in [0.2, 0.25) is 0 Å². The van der Waals surface area contributed by atoms with Crippen LogP contribution in [0.15, 0.2) is 48.8 Å². The van der Waals surface area contributed by atoms with Crippen LogP contribution in [0.3, 0.4) is 0 Å². The monoisotopic (exact) mass is 625 g/mol. The summed E-state index contributed by atoms with van der Waals surface area (Å²) in [4.78, 5) is 19.7. The van der Waals surface area contributed by atoms with Crippen LogP contribution in [-0.4, -0.2) is 37.7 Å². The van der Waals surface area contributed by atoms with Crippen molar-refractivity contribution in [3.05, 3.63) is 76.6 Å². The first-order chi connectivity index (χ1) is 22.0. The van der Waals surface area contributed by atoms with Gasteiger partial charge in [-0.1, -0.05) is 0 Å². The van der Waals surface area contributed by atoms with E-state index in [-0.39, 0.29) is 48.5 Å². The van der Waals surface area contributed by atoms with Crippen LogP contribution in [0.1, 0.15) is 65.2 Å². The molecular formula is C33H30F3N9O. The molecule has 13 heteroatoms. The highest BCUT2D eigenvalue weighted by Gasteiger charge is 2.41. The molecule has 1 aliphatic heterocycles. The van der Waals surface area contributed by atoms with Gasteiger partial charge in [0.1, 0.15) is 18.0 Å². The highest BCUT2D eigenvalue weighted by Crippen LogP contribution is 2.41. The minimum Gasteiger partial charge on any atom is -0.369 e. The summed E-state index contributed by atoms with van der Waals surface area (Å²) in [6.07, 6.45) is -0.000550. The third-order valence-electron chi connectivity index (χ3n) is 8.63. The normalized spacial score (nSPS) is 15.2. The standard InChI is InChI=1S/C33H30F3N9O/c1-32(7-3-8-32)40-17-21-12-25-26(27(13-21)33(34,35)36)18-45(31(25)46)29-15-22(14-28(42-29)39-10-4-9-37)24-11-20(16-38)5-6-23(24)30-43-41-19-44(30)2/h5-6,11-15,19,40H,3-4,7-8,10,17-18H2,1-2H3,(H,39,42). The predicted molar refractivity (Wildman–Crippen MR) is 164 cm³/mol. The van der Waals surface area contributed by atoms with Crippen molar-refractivity contribution >= 4 is 17.5 Å². The van der Waals surface area contributed by atoms with Gasteiger partial charge in [0.2, 0.25) is 0 Å². The molecule has 0 atom stereocenters. The van der Waals surface area contributed by atoms with Gasteiger partial charge in [0.25, 0.3) is 5.91 Å². The summed E-state index contributed by atoms with van der Waals surface area (Å²) < 4.78 is 44.9. The molecule has 2 aromatic carbocycles. The zero-order valence-electron chi connectivity index (χ0n) is 25.2. The van der Waals surface area contributed by atoms with E-state index in [1.807, 2.05) is 6.92 Å². The molecule has 10 nitrogen and oxygen atoms in total. The van der Waals surface area contributed by atoms with E-state index in [1.165, 1.54) is 4.90 Å². The molecule has 2 aromatic heterocycles. The van der Waals surface area contributed by atoms with Crippen molar-refractivity contribution in [1.82, 2.24) is 25.1 Å². The smallest absolute Gasteiger partial charge is 0.369 e. The Kier molecular flexibility index (Phi) is 7.96. The summed E-state index contributed by atoms with van der Waals surface area (Å²) in [5, 5.41) is 33.4. The first-order valence-corrected chi connectivity index (χ1v) is 14.8. The Morgan fingerprint density at radius 2 is 1.87 bits per heavy atom. The fourth-order valence-electron chi connectivity index (χ4n) is 5.93. The van der Waals surface area contributed by atoms with E-state index in [0.717, 1.165) is 25.3 Å². The highest BCUT2D eigenvalue weighted by molar-refractivity contribution is 6.10. The molecule has 2 aliphatic rings. The van der Waals surface area contributed by atoms with Gasteiger partial charge in [-0.3, -0.25) is 9.69 Å². The number of halogens is 3. The van der Waals surface area contributed by atoms with Crippen molar-refractivity contribution < 1.29 is 18.0 Å². The van der Waals surface area contributed by atoms with E-state index in [1.54, 1.807) is 54.3 Å². The molecular weight excluding hydrogens is 595 g/mol. The summed E-state index contributed by atoms with van der Waals surface area (Å²) >= 11 is 0. The number of fused-ring (bicyclic) bond motifs is 1. The Labute approximate surface area is 263 Å². The van der Waals surface area contributed by atoms with Gasteiger partial charge in [0, 0.05) is 36.8 Å². The molecule has 0 unspecified atom stereocenters. The van der Waals surface area contributed by atoms with Crippen LogP contribution in [-0.2, 0) is 26.3 Å². The number of benzene rings is 2. The fourth-order valence-corrected chi connectivity index (χ4v) is 5.93. The van der Waals surface area contributed by atoms with E-state index in [2.05, 4.69) is 38.0 Å². The summed E-state index contributed by atoms with van der Waals surface area (Å²) in [5.74, 6) is 0.365. The fraction of sp³-hybridized carbons (Fsp3) is 0.333. The third-order valence-corrected chi connectivity index (χ3v) is 8.63. The molecule has 4 aromatic rings. The maximum atomic E-state index is 14.4. The number of pyridine rings is 1. The Hall–Kier alpha value is -5.27. The number of carbonyl (C=O) groups excluding carboxylic acids is 1. The highest BCUT2D eigenvalue weighted by atomic mass is 19.4. The van der Waals surface area contributed by atoms with Crippen LogP contribution < -0.4 is 15.5 Å². The Morgan fingerprint density at radius 1 is 1.07 bits per heavy atom. The Balaban J connectivity index is 1.44. The third kappa shape index (κ3) is 5.89. The SMILES string of the molecule is Cn1cnnc1-c1ccc(C#N)cc1-c1cc(NCCC#N)nc(N2Cc3c(cc(CNC4(C)CCC4)cc3C(F)(F)F)C2=O)c1. The van der Waals surface area contributed by atoms with Gasteiger partial charge in [0.15, 0.2) is 5.82 Å². The number of aryl methyl sites for hydroxylation is 1. The maximum Gasteiger partial charge on any atom is 0.416 e. The number of aromatic nitrogens is 4. The van der Waals surface area contributed by atoms with Crippen molar-refractivity contribution in [3.8, 4) is 34.7 Å². The van der Waals surface area contributed by atoms with E-state index < -0.39 is 17.6 Å². The minimum atomic E-state index is -4.67. The van der Waals surface area contributed by atoms with Crippen molar-refractivity contribution in [1.29, 1.82) is 10.5 Å². The summed E-state index contributed by atoms with van der Waals surface area (Å²) in [5.41, 5.74) is 1.44. The average Bonchev–Trinajstić information content (AvgIpc) is 3.60. The molecule has 46 heavy (non-hydrogen) atoms. The van der Waals surface area contributed by atoms with E-state index >= 15 is 0 Å². The molecule has 1 saturated carbocycles. The molecule has 3 heterocycles. The van der Waals surface area contributed by atoms with Crippen LogP contribution in [0.5, 0.6) is 0 Å². The van der Waals surface area contributed by atoms with Gasteiger partial charge in [-0.25, -0.2) is 4.98 Å². The quantitative estimate of drug-likeness (QED) is 0.218. The number of nitriles is 2. The number of nitrogens with one attached hydrogen (secondary N) is 2. The number of amides is 1. The van der Waals surface area contributed by atoms with Gasteiger partial charge in [0.05, 0.1) is 36.2 Å².